The van der Waals surface area contributed by atoms with E-state index < -0.39 is 30.6 Å². The summed E-state index contributed by atoms with van der Waals surface area (Å²) in [5.74, 6) is -1.19. The van der Waals surface area contributed by atoms with E-state index in [2.05, 4.69) is 10.6 Å². The van der Waals surface area contributed by atoms with Crippen LogP contribution in [-0.4, -0.2) is 30.6 Å². The summed E-state index contributed by atoms with van der Waals surface area (Å²) in [6.45, 7) is 3.37. The Labute approximate surface area is 157 Å². The van der Waals surface area contributed by atoms with E-state index in [4.69, 9.17) is 10.5 Å². The molecule has 0 aliphatic carbocycles. The third-order valence-corrected chi connectivity index (χ3v) is 3.89. The summed E-state index contributed by atoms with van der Waals surface area (Å²) in [7, 11) is 0. The summed E-state index contributed by atoms with van der Waals surface area (Å²) in [6, 6.07) is 12.9. The van der Waals surface area contributed by atoms with Crippen molar-refractivity contribution in [1.82, 2.24) is 5.32 Å². The van der Waals surface area contributed by atoms with Crippen LogP contribution in [0.25, 0.3) is 0 Å². The lowest BCUT2D eigenvalue weighted by molar-refractivity contribution is -0.149. The van der Waals surface area contributed by atoms with Gasteiger partial charge in [-0.3, -0.25) is 4.79 Å². The van der Waals surface area contributed by atoms with Gasteiger partial charge in [0.2, 0.25) is 0 Å². The van der Waals surface area contributed by atoms with Crippen molar-refractivity contribution in [1.29, 1.82) is 0 Å². The van der Waals surface area contributed by atoms with Crippen LogP contribution >= 0.6 is 0 Å². The fraction of sp³-hybridized carbons (Fsp3) is 0.250. The number of primary amides is 1. The van der Waals surface area contributed by atoms with Crippen LogP contribution in [0.5, 0.6) is 0 Å². The summed E-state index contributed by atoms with van der Waals surface area (Å²) in [6.07, 6.45) is 0.210. The van der Waals surface area contributed by atoms with Gasteiger partial charge in [-0.1, -0.05) is 48.0 Å². The van der Waals surface area contributed by atoms with Crippen LogP contribution in [0.2, 0.25) is 0 Å². The first-order valence-corrected chi connectivity index (χ1v) is 8.49. The Balaban J connectivity index is 1.93. The molecular formula is C20H23N3O4. The molecule has 0 heterocycles. The molecule has 2 rings (SSSR count). The third kappa shape index (κ3) is 6.47. The lowest BCUT2D eigenvalue weighted by Gasteiger charge is -2.16. The first kappa shape index (κ1) is 20.0. The van der Waals surface area contributed by atoms with Gasteiger partial charge in [0.05, 0.1) is 0 Å². The highest BCUT2D eigenvalue weighted by Crippen LogP contribution is 2.15. The van der Waals surface area contributed by atoms with Gasteiger partial charge in [-0.25, -0.2) is 9.59 Å². The molecule has 2 aromatic carbocycles. The number of anilines is 1. The van der Waals surface area contributed by atoms with Gasteiger partial charge in [-0.2, -0.15) is 0 Å². The Hall–Kier alpha value is -3.35. The lowest BCUT2D eigenvalue weighted by atomic mass is 10.1. The Morgan fingerprint density at radius 1 is 1.07 bits per heavy atom. The molecule has 0 aromatic heterocycles. The number of aryl methyl sites for hydroxylation is 2. The quantitative estimate of drug-likeness (QED) is 0.649. The first-order chi connectivity index (χ1) is 12.8. The number of benzene rings is 2. The molecular weight excluding hydrogens is 346 g/mol. The molecule has 0 spiro atoms. The number of ether oxygens (including phenoxy) is 1. The second-order valence-corrected chi connectivity index (χ2v) is 6.23. The van der Waals surface area contributed by atoms with E-state index in [1.54, 1.807) is 6.07 Å². The number of esters is 1. The maximum atomic E-state index is 12.3. The number of hydrogen-bond donors (Lipinski definition) is 3. The van der Waals surface area contributed by atoms with Gasteiger partial charge in [0.15, 0.2) is 6.61 Å². The number of rotatable bonds is 7. The van der Waals surface area contributed by atoms with E-state index in [1.807, 2.05) is 56.3 Å². The molecule has 2 aromatic rings. The molecule has 0 fully saturated rings. The third-order valence-electron chi connectivity index (χ3n) is 3.89. The second-order valence-electron chi connectivity index (χ2n) is 6.23. The number of hydrogen-bond acceptors (Lipinski definition) is 4. The molecule has 0 unspecified atom stereocenters. The maximum Gasteiger partial charge on any atom is 0.329 e. The minimum Gasteiger partial charge on any atom is -0.454 e. The Bertz CT molecular complexity index is 821. The standard InChI is InChI=1S/C20H23N3O4/c1-13-8-9-16(14(2)10-13)22-18(24)12-27-19(25)17(23-20(21)26)11-15-6-4-3-5-7-15/h3-10,17H,11-12H2,1-2H3,(H,22,24)(H3,21,23,26)/t17-/m0/s1. The molecule has 1 atom stereocenters. The van der Waals surface area contributed by atoms with Crippen molar-refractivity contribution in [3.05, 3.63) is 65.2 Å². The van der Waals surface area contributed by atoms with E-state index in [0.717, 1.165) is 16.7 Å². The Morgan fingerprint density at radius 3 is 2.41 bits per heavy atom. The average Bonchev–Trinajstić information content (AvgIpc) is 2.62. The van der Waals surface area contributed by atoms with E-state index in [0.29, 0.717) is 5.69 Å². The zero-order valence-corrected chi connectivity index (χ0v) is 15.3. The van der Waals surface area contributed by atoms with Crippen molar-refractivity contribution in [3.63, 3.8) is 0 Å². The van der Waals surface area contributed by atoms with Gasteiger partial charge in [0.1, 0.15) is 6.04 Å². The Kier molecular flexibility index (Phi) is 6.93. The highest BCUT2D eigenvalue weighted by Gasteiger charge is 2.22. The van der Waals surface area contributed by atoms with Crippen molar-refractivity contribution < 1.29 is 19.1 Å². The fourth-order valence-electron chi connectivity index (χ4n) is 2.59. The SMILES string of the molecule is Cc1ccc(NC(=O)COC(=O)[C@H](Cc2ccccc2)NC(N)=O)c(C)c1. The van der Waals surface area contributed by atoms with Crippen LogP contribution in [0.4, 0.5) is 10.5 Å². The van der Waals surface area contributed by atoms with Crippen molar-refractivity contribution in [2.75, 3.05) is 11.9 Å². The molecule has 0 saturated carbocycles. The van der Waals surface area contributed by atoms with Gasteiger partial charge in [-0.05, 0) is 31.0 Å². The van der Waals surface area contributed by atoms with E-state index in [-0.39, 0.29) is 6.42 Å². The smallest absolute Gasteiger partial charge is 0.329 e. The number of amides is 3. The minimum atomic E-state index is -0.973. The highest BCUT2D eigenvalue weighted by molar-refractivity contribution is 5.94. The van der Waals surface area contributed by atoms with Gasteiger partial charge >= 0.3 is 12.0 Å². The molecule has 27 heavy (non-hydrogen) atoms. The van der Waals surface area contributed by atoms with Crippen molar-refractivity contribution in [2.24, 2.45) is 5.73 Å². The van der Waals surface area contributed by atoms with E-state index >= 15 is 0 Å². The number of urea groups is 1. The van der Waals surface area contributed by atoms with Gasteiger partial charge < -0.3 is 21.1 Å². The predicted octanol–water partition coefficient (Wildman–Crippen LogP) is 2.06. The predicted molar refractivity (Wildman–Crippen MR) is 102 cm³/mol. The lowest BCUT2D eigenvalue weighted by Crippen LogP contribution is -2.46. The minimum absolute atomic E-state index is 0.210. The summed E-state index contributed by atoms with van der Waals surface area (Å²) >= 11 is 0. The van der Waals surface area contributed by atoms with Gasteiger partial charge in [-0.15, -0.1) is 0 Å². The van der Waals surface area contributed by atoms with Gasteiger partial charge in [0.25, 0.3) is 5.91 Å². The van der Waals surface area contributed by atoms with E-state index in [1.165, 1.54) is 0 Å². The largest absolute Gasteiger partial charge is 0.454 e. The van der Waals surface area contributed by atoms with Crippen LogP contribution in [0, 0.1) is 13.8 Å². The Morgan fingerprint density at radius 2 is 1.78 bits per heavy atom. The van der Waals surface area contributed by atoms with Crippen LogP contribution in [-0.2, 0) is 20.7 Å². The molecule has 0 saturated heterocycles. The molecule has 142 valence electrons. The summed E-state index contributed by atoms with van der Waals surface area (Å²) < 4.78 is 5.05. The average molecular weight is 369 g/mol. The van der Waals surface area contributed by atoms with Crippen molar-refractivity contribution in [2.45, 2.75) is 26.3 Å². The maximum absolute atomic E-state index is 12.3. The summed E-state index contributed by atoms with van der Waals surface area (Å²) in [5.41, 5.74) is 8.60. The molecule has 0 aliphatic rings. The zero-order valence-electron chi connectivity index (χ0n) is 15.3. The van der Waals surface area contributed by atoms with Crippen molar-refractivity contribution >= 4 is 23.6 Å². The number of carbonyl (C=O) groups is 3. The first-order valence-electron chi connectivity index (χ1n) is 8.49. The summed E-state index contributed by atoms with van der Waals surface area (Å²) in [5, 5.41) is 5.04. The van der Waals surface area contributed by atoms with E-state index in [9.17, 15) is 14.4 Å². The monoisotopic (exact) mass is 369 g/mol. The van der Waals surface area contributed by atoms with Crippen LogP contribution in [0.3, 0.4) is 0 Å². The molecule has 0 aliphatic heterocycles. The van der Waals surface area contributed by atoms with Crippen LogP contribution < -0.4 is 16.4 Å². The molecule has 7 nitrogen and oxygen atoms in total. The van der Waals surface area contributed by atoms with Crippen LogP contribution in [0.1, 0.15) is 16.7 Å². The number of nitrogens with two attached hydrogens (primary N) is 1. The molecule has 0 bridgehead atoms. The zero-order chi connectivity index (χ0) is 19.8. The molecule has 0 radical (unpaired) electrons. The summed E-state index contributed by atoms with van der Waals surface area (Å²) in [4.78, 5) is 35.5. The second kappa shape index (κ2) is 9.38. The van der Waals surface area contributed by atoms with Crippen LogP contribution in [0.15, 0.2) is 48.5 Å². The van der Waals surface area contributed by atoms with Crippen molar-refractivity contribution in [3.8, 4) is 0 Å². The molecule has 3 amide bonds. The number of carbonyl (C=O) groups excluding carboxylic acids is 3. The normalized spacial score (nSPS) is 11.3. The molecule has 7 heteroatoms. The fourth-order valence-corrected chi connectivity index (χ4v) is 2.59. The molecule has 4 N–H and O–H groups in total. The highest BCUT2D eigenvalue weighted by atomic mass is 16.5. The topological polar surface area (TPSA) is 111 Å². The van der Waals surface area contributed by atoms with Gasteiger partial charge in [0, 0.05) is 12.1 Å². The number of nitrogens with one attached hydrogen (secondary N) is 2.